The topological polar surface area (TPSA) is 116 Å². The molecule has 0 rings (SSSR count). The van der Waals surface area contributed by atoms with Crippen LogP contribution in [-0.4, -0.2) is 55.2 Å². The molecule has 0 heterocycles. The van der Waals surface area contributed by atoms with E-state index in [-0.39, 0.29) is 35.5 Å². The molecule has 0 fully saturated rings. The van der Waals surface area contributed by atoms with E-state index < -0.39 is 12.1 Å². The van der Waals surface area contributed by atoms with Crippen LogP contribution in [0.25, 0.3) is 0 Å². The molecule has 0 aromatic heterocycles. The molecule has 0 radical (unpaired) electrons. The van der Waals surface area contributed by atoms with Crippen LogP contribution in [0, 0.1) is 11.8 Å². The van der Waals surface area contributed by atoms with Crippen molar-refractivity contribution in [3.8, 4) is 0 Å². The molecule has 0 aliphatic carbocycles. The Balaban J connectivity index is 4.78. The summed E-state index contributed by atoms with van der Waals surface area (Å²) in [5.74, 6) is -0.600. The summed E-state index contributed by atoms with van der Waals surface area (Å²) in [6.45, 7) is 11.3. The molecule has 0 saturated carbocycles. The van der Waals surface area contributed by atoms with Crippen molar-refractivity contribution in [2.75, 3.05) is 13.6 Å². The monoisotopic (exact) mass is 412 g/mol. The lowest BCUT2D eigenvalue weighted by Gasteiger charge is -2.24. The highest BCUT2D eigenvalue weighted by molar-refractivity contribution is 5.93. The Kier molecular flexibility index (Phi) is 13.1. The molecule has 168 valence electrons. The summed E-state index contributed by atoms with van der Waals surface area (Å²) in [6, 6.07) is -1.71. The maximum atomic E-state index is 12.6. The number of hydrogen-bond donors (Lipinski definition) is 4. The fourth-order valence-electron chi connectivity index (χ4n) is 2.93. The number of nitrogens with one attached hydrogen (secondary N) is 4. The summed E-state index contributed by atoms with van der Waals surface area (Å²) in [7, 11) is 1.72. The van der Waals surface area contributed by atoms with E-state index in [0.29, 0.717) is 31.7 Å². The summed E-state index contributed by atoms with van der Waals surface area (Å²) in [5, 5.41) is 11.2. The number of carbonyl (C=O) groups is 4. The lowest BCUT2D eigenvalue weighted by molar-refractivity contribution is -0.132. The van der Waals surface area contributed by atoms with Gasteiger partial charge in [0.2, 0.25) is 17.7 Å². The van der Waals surface area contributed by atoms with Crippen LogP contribution in [0.5, 0.6) is 0 Å². The summed E-state index contributed by atoms with van der Waals surface area (Å²) in [4.78, 5) is 48.4. The summed E-state index contributed by atoms with van der Waals surface area (Å²) >= 11 is 0. The van der Waals surface area contributed by atoms with Gasteiger partial charge in [0.25, 0.3) is 0 Å². The molecule has 8 heteroatoms. The highest BCUT2D eigenvalue weighted by Crippen LogP contribution is 2.09. The van der Waals surface area contributed by atoms with Gasteiger partial charge < -0.3 is 21.3 Å². The molecule has 0 aliphatic heterocycles. The zero-order chi connectivity index (χ0) is 22.6. The van der Waals surface area contributed by atoms with Crippen molar-refractivity contribution in [1.82, 2.24) is 21.3 Å². The number of unbranched alkanes of at least 4 members (excludes halogenated alkanes) is 1. The zero-order valence-electron chi connectivity index (χ0n) is 19.1. The minimum Gasteiger partial charge on any atom is -0.356 e. The van der Waals surface area contributed by atoms with E-state index in [2.05, 4.69) is 21.3 Å². The second kappa shape index (κ2) is 14.1. The lowest BCUT2D eigenvalue weighted by atomic mass is 9.97. The van der Waals surface area contributed by atoms with Crippen LogP contribution in [0.15, 0.2) is 0 Å². The van der Waals surface area contributed by atoms with Crippen molar-refractivity contribution in [3.63, 3.8) is 0 Å². The van der Waals surface area contributed by atoms with E-state index in [4.69, 9.17) is 0 Å². The fraction of sp³-hybridized carbons (Fsp3) is 0.810. The third-order valence-corrected chi connectivity index (χ3v) is 4.65. The molecule has 8 nitrogen and oxygen atoms in total. The van der Waals surface area contributed by atoms with Crippen molar-refractivity contribution >= 4 is 23.5 Å². The number of amides is 3. The average molecular weight is 413 g/mol. The number of rotatable bonds is 14. The number of Topliss-reactive ketones (excluding diaryl/α,β-unsaturated/α-hetero) is 1. The van der Waals surface area contributed by atoms with Crippen molar-refractivity contribution < 1.29 is 19.2 Å². The first-order valence-electron chi connectivity index (χ1n) is 10.6. The van der Waals surface area contributed by atoms with Gasteiger partial charge in [-0.05, 0) is 45.6 Å². The van der Waals surface area contributed by atoms with E-state index in [9.17, 15) is 19.2 Å². The van der Waals surface area contributed by atoms with Gasteiger partial charge in [0.05, 0.1) is 12.1 Å². The highest BCUT2D eigenvalue weighted by Gasteiger charge is 2.27. The molecule has 1 unspecified atom stereocenters. The second-order valence-corrected chi connectivity index (χ2v) is 8.30. The van der Waals surface area contributed by atoms with Crippen LogP contribution in [0.3, 0.4) is 0 Å². The van der Waals surface area contributed by atoms with Crippen LogP contribution >= 0.6 is 0 Å². The number of ketones is 1. The normalized spacial score (nSPS) is 14.2. The first-order chi connectivity index (χ1) is 13.5. The molecule has 29 heavy (non-hydrogen) atoms. The Morgan fingerprint density at radius 1 is 0.828 bits per heavy atom. The molecule has 0 bridgehead atoms. The minimum absolute atomic E-state index is 0.0377. The van der Waals surface area contributed by atoms with Gasteiger partial charge in [0.1, 0.15) is 6.04 Å². The Bertz CT molecular complexity index is 549. The van der Waals surface area contributed by atoms with Gasteiger partial charge in [-0.3, -0.25) is 19.2 Å². The van der Waals surface area contributed by atoms with Crippen molar-refractivity contribution in [2.45, 2.75) is 85.4 Å². The van der Waals surface area contributed by atoms with Gasteiger partial charge in [-0.1, -0.05) is 27.7 Å². The van der Waals surface area contributed by atoms with Gasteiger partial charge in [-0.15, -0.1) is 0 Å². The van der Waals surface area contributed by atoms with Crippen molar-refractivity contribution in [3.05, 3.63) is 0 Å². The van der Waals surface area contributed by atoms with E-state index in [1.54, 1.807) is 27.8 Å². The van der Waals surface area contributed by atoms with Crippen LogP contribution in [-0.2, 0) is 19.2 Å². The highest BCUT2D eigenvalue weighted by atomic mass is 16.2. The Labute approximate surface area is 175 Å². The van der Waals surface area contributed by atoms with Crippen molar-refractivity contribution in [1.29, 1.82) is 0 Å². The van der Waals surface area contributed by atoms with Crippen LogP contribution in [0.4, 0.5) is 0 Å². The van der Waals surface area contributed by atoms with Crippen molar-refractivity contribution in [2.24, 2.45) is 11.8 Å². The molecule has 0 aromatic rings. The standard InChI is InChI=1S/C21H40N4O4/c1-13(2)12-18(22-7)21(29)24-15(5)20(28)25-17(19(27)14(3)4)10-8-9-11-23-16(6)26/h13-15,17-18,22H,8-12H2,1-7H3,(H,23,26)(H,24,29)(H,25,28)/t15?,17-,18-/m0/s1. The third-order valence-electron chi connectivity index (χ3n) is 4.65. The predicted octanol–water partition coefficient (Wildman–Crippen LogP) is 1.14. The van der Waals surface area contributed by atoms with Gasteiger partial charge in [-0.25, -0.2) is 0 Å². The lowest BCUT2D eigenvalue weighted by Crippen LogP contribution is -2.54. The number of likely N-dealkylation sites (N-methyl/N-ethyl adjacent to an activating group) is 1. The average Bonchev–Trinajstić information content (AvgIpc) is 2.63. The van der Waals surface area contributed by atoms with Gasteiger partial charge in [0, 0.05) is 19.4 Å². The van der Waals surface area contributed by atoms with E-state index in [1.807, 2.05) is 13.8 Å². The molecule has 0 saturated heterocycles. The summed E-state index contributed by atoms with van der Waals surface area (Å²) in [5.41, 5.74) is 0. The first-order valence-corrected chi connectivity index (χ1v) is 10.6. The van der Waals surface area contributed by atoms with Crippen LogP contribution in [0.2, 0.25) is 0 Å². The predicted molar refractivity (Wildman–Crippen MR) is 114 cm³/mol. The molecule has 3 amide bonds. The molecule has 3 atom stereocenters. The van der Waals surface area contributed by atoms with E-state index in [0.717, 1.165) is 6.42 Å². The maximum absolute atomic E-state index is 12.6. The third kappa shape index (κ3) is 11.6. The SMILES string of the molecule is CN[C@@H](CC(C)C)C(=O)NC(C)C(=O)N[C@@H](CCCCNC(C)=O)C(=O)C(C)C. The van der Waals surface area contributed by atoms with Crippen LogP contribution < -0.4 is 21.3 Å². The Hall–Kier alpha value is -1.96. The molecular formula is C21H40N4O4. The fourth-order valence-corrected chi connectivity index (χ4v) is 2.93. The minimum atomic E-state index is -0.743. The Morgan fingerprint density at radius 2 is 1.45 bits per heavy atom. The zero-order valence-corrected chi connectivity index (χ0v) is 19.1. The molecule has 0 aliphatic rings. The van der Waals surface area contributed by atoms with E-state index in [1.165, 1.54) is 6.92 Å². The van der Waals surface area contributed by atoms with E-state index >= 15 is 0 Å². The van der Waals surface area contributed by atoms with Crippen LogP contribution in [0.1, 0.15) is 67.2 Å². The molecular weight excluding hydrogens is 372 g/mol. The number of hydrogen-bond acceptors (Lipinski definition) is 5. The molecule has 4 N–H and O–H groups in total. The maximum Gasteiger partial charge on any atom is 0.242 e. The largest absolute Gasteiger partial charge is 0.356 e. The summed E-state index contributed by atoms with van der Waals surface area (Å²) < 4.78 is 0. The Morgan fingerprint density at radius 3 is 1.93 bits per heavy atom. The van der Waals surface area contributed by atoms with Gasteiger partial charge in [0.15, 0.2) is 5.78 Å². The first kappa shape index (κ1) is 27.0. The number of carbonyl (C=O) groups excluding carboxylic acids is 4. The molecule has 0 spiro atoms. The smallest absolute Gasteiger partial charge is 0.242 e. The quantitative estimate of drug-likeness (QED) is 0.319. The molecule has 0 aromatic carbocycles. The summed E-state index contributed by atoms with van der Waals surface area (Å²) in [6.07, 6.45) is 2.58. The second-order valence-electron chi connectivity index (χ2n) is 8.30. The van der Waals surface area contributed by atoms with Gasteiger partial charge in [-0.2, -0.15) is 0 Å². The van der Waals surface area contributed by atoms with Gasteiger partial charge >= 0.3 is 0 Å².